The van der Waals surface area contributed by atoms with E-state index in [0.717, 1.165) is 21.7 Å². The summed E-state index contributed by atoms with van der Waals surface area (Å²) < 4.78 is 0. The molecule has 0 spiro atoms. The van der Waals surface area contributed by atoms with Gasteiger partial charge in [-0.15, -0.1) is 0 Å². The van der Waals surface area contributed by atoms with Crippen LogP contribution in [0, 0.1) is 12.1 Å². The van der Waals surface area contributed by atoms with Crippen LogP contribution in [0.2, 0.25) is 0 Å². The molecule has 0 atom stereocenters. The predicted molar refractivity (Wildman–Crippen MR) is 100 cm³/mol. The van der Waals surface area contributed by atoms with E-state index >= 15 is 0 Å². The lowest BCUT2D eigenvalue weighted by Crippen LogP contribution is -1.99. The fourth-order valence-electron chi connectivity index (χ4n) is 3.75. The van der Waals surface area contributed by atoms with Gasteiger partial charge in [-0.25, -0.2) is 4.79 Å². The van der Waals surface area contributed by atoms with Crippen LogP contribution in [0.15, 0.2) is 66.7 Å². The highest BCUT2D eigenvalue weighted by molar-refractivity contribution is 6.26. The van der Waals surface area contributed by atoms with Gasteiger partial charge in [0, 0.05) is 5.56 Å². The van der Waals surface area contributed by atoms with Crippen molar-refractivity contribution in [1.82, 2.24) is 0 Å². The molecule has 0 heterocycles. The number of carbonyl (C=O) groups is 1. The van der Waals surface area contributed by atoms with Crippen LogP contribution in [0.5, 0.6) is 0 Å². The van der Waals surface area contributed by atoms with Crippen LogP contribution < -0.4 is 0 Å². The molecule has 0 bridgehead atoms. The van der Waals surface area contributed by atoms with Crippen molar-refractivity contribution in [1.29, 1.82) is 0 Å². The van der Waals surface area contributed by atoms with E-state index in [1.807, 2.05) is 12.1 Å². The lowest BCUT2D eigenvalue weighted by Gasteiger charge is -2.15. The summed E-state index contributed by atoms with van der Waals surface area (Å²) >= 11 is 0. The monoisotopic (exact) mass is 320 g/mol. The normalized spacial score (nSPS) is 11.2. The maximum atomic E-state index is 11.7. The smallest absolute Gasteiger partial charge is 0.337 e. The molecule has 0 radical (unpaired) electrons. The van der Waals surface area contributed by atoms with Crippen molar-refractivity contribution in [3.8, 4) is 11.1 Å². The number of aromatic carboxylic acids is 1. The SMILES string of the molecule is O=C(O)c1ccc#cc1-c1cc2cccc3ccc4cccc1c4c32. The Balaban J connectivity index is 2.02. The summed E-state index contributed by atoms with van der Waals surface area (Å²) in [6.07, 6.45) is 0. The topological polar surface area (TPSA) is 37.3 Å². The van der Waals surface area contributed by atoms with Crippen LogP contribution >= 0.6 is 0 Å². The van der Waals surface area contributed by atoms with Crippen LogP contribution in [0.1, 0.15) is 10.4 Å². The quantitative estimate of drug-likeness (QED) is 0.433. The summed E-state index contributed by atoms with van der Waals surface area (Å²) in [6.45, 7) is 0. The van der Waals surface area contributed by atoms with E-state index in [9.17, 15) is 9.90 Å². The lowest BCUT2D eigenvalue weighted by molar-refractivity contribution is 0.0698. The van der Waals surface area contributed by atoms with Crippen molar-refractivity contribution < 1.29 is 9.90 Å². The molecule has 0 aliphatic carbocycles. The Labute approximate surface area is 144 Å². The second kappa shape index (κ2) is 4.96. The standard InChI is InChI=1S/C23H12O2/c24-23(25)19-9-2-1-8-17(19)20-13-16-7-3-5-14-11-12-15-6-4-10-18(20)22(15)21(14)16/h2-7,9-13H,(H,24,25). The highest BCUT2D eigenvalue weighted by Gasteiger charge is 2.17. The minimum Gasteiger partial charge on any atom is -0.478 e. The van der Waals surface area contributed by atoms with Gasteiger partial charge < -0.3 is 5.11 Å². The Morgan fingerprint density at radius 1 is 0.840 bits per heavy atom. The predicted octanol–water partition coefficient (Wildman–Crippen LogP) is 5.55. The maximum absolute atomic E-state index is 11.7. The molecule has 116 valence electrons. The molecule has 5 rings (SSSR count). The zero-order chi connectivity index (χ0) is 17.0. The summed E-state index contributed by atoms with van der Waals surface area (Å²) in [5.74, 6) is -0.953. The molecule has 0 saturated carbocycles. The van der Waals surface area contributed by atoms with Crippen molar-refractivity contribution in [2.75, 3.05) is 0 Å². The van der Waals surface area contributed by atoms with E-state index in [0.29, 0.717) is 5.56 Å². The van der Waals surface area contributed by atoms with Crippen LogP contribution in [0.3, 0.4) is 0 Å². The third kappa shape index (κ3) is 1.90. The van der Waals surface area contributed by atoms with Crippen molar-refractivity contribution in [2.24, 2.45) is 0 Å². The minimum atomic E-state index is -0.953. The second-order valence-electron chi connectivity index (χ2n) is 6.17. The van der Waals surface area contributed by atoms with E-state index in [1.54, 1.807) is 12.1 Å². The van der Waals surface area contributed by atoms with E-state index in [-0.39, 0.29) is 5.56 Å². The largest absolute Gasteiger partial charge is 0.478 e. The van der Waals surface area contributed by atoms with E-state index < -0.39 is 5.97 Å². The van der Waals surface area contributed by atoms with Crippen molar-refractivity contribution >= 4 is 38.3 Å². The zero-order valence-corrected chi connectivity index (χ0v) is 13.2. The first-order chi connectivity index (χ1) is 12.2. The summed E-state index contributed by atoms with van der Waals surface area (Å²) in [5, 5.41) is 16.5. The fraction of sp³-hybridized carbons (Fsp3) is 0. The molecule has 25 heavy (non-hydrogen) atoms. The van der Waals surface area contributed by atoms with Crippen LogP contribution in [-0.4, -0.2) is 11.1 Å². The molecule has 5 aromatic rings. The minimum absolute atomic E-state index is 0.244. The number of carboxylic acid groups (broad SMARTS) is 1. The number of rotatable bonds is 2. The Morgan fingerprint density at radius 3 is 2.36 bits per heavy atom. The van der Waals surface area contributed by atoms with E-state index in [4.69, 9.17) is 0 Å². The van der Waals surface area contributed by atoms with Gasteiger partial charge in [0.2, 0.25) is 0 Å². The van der Waals surface area contributed by atoms with Crippen LogP contribution in [0.25, 0.3) is 43.4 Å². The molecule has 2 nitrogen and oxygen atoms in total. The molecule has 0 aliphatic rings. The van der Waals surface area contributed by atoms with Gasteiger partial charge in [-0.3, -0.25) is 0 Å². The van der Waals surface area contributed by atoms with Gasteiger partial charge in [0.05, 0.1) is 5.56 Å². The molecule has 0 fully saturated rings. The number of carboxylic acids is 1. The van der Waals surface area contributed by atoms with Gasteiger partial charge in [-0.1, -0.05) is 60.7 Å². The summed E-state index contributed by atoms with van der Waals surface area (Å²) in [6, 6.07) is 27.8. The summed E-state index contributed by atoms with van der Waals surface area (Å²) in [4.78, 5) is 11.7. The molecular weight excluding hydrogens is 308 g/mol. The summed E-state index contributed by atoms with van der Waals surface area (Å²) in [5.41, 5.74) is 1.70. The van der Waals surface area contributed by atoms with E-state index in [2.05, 4.69) is 54.6 Å². The molecule has 2 heteroatoms. The highest BCUT2D eigenvalue weighted by Crippen LogP contribution is 2.40. The molecule has 0 aromatic heterocycles. The van der Waals surface area contributed by atoms with Crippen molar-refractivity contribution in [3.05, 3.63) is 84.4 Å². The maximum Gasteiger partial charge on any atom is 0.337 e. The fourth-order valence-corrected chi connectivity index (χ4v) is 3.75. The number of hydrogen-bond acceptors (Lipinski definition) is 1. The zero-order valence-electron chi connectivity index (χ0n) is 13.2. The second-order valence-corrected chi connectivity index (χ2v) is 6.17. The average Bonchev–Trinajstić information content (AvgIpc) is 2.66. The Bertz CT molecular complexity index is 1270. The lowest BCUT2D eigenvalue weighted by atomic mass is 9.88. The van der Waals surface area contributed by atoms with Gasteiger partial charge in [0.1, 0.15) is 0 Å². The third-order valence-electron chi connectivity index (χ3n) is 4.81. The first-order valence-corrected chi connectivity index (χ1v) is 8.06. The van der Waals surface area contributed by atoms with Crippen LogP contribution in [-0.2, 0) is 0 Å². The van der Waals surface area contributed by atoms with E-state index in [1.165, 1.54) is 16.2 Å². The van der Waals surface area contributed by atoms with Gasteiger partial charge >= 0.3 is 5.97 Å². The van der Waals surface area contributed by atoms with Gasteiger partial charge in [0.25, 0.3) is 0 Å². The van der Waals surface area contributed by atoms with Crippen molar-refractivity contribution in [2.45, 2.75) is 0 Å². The Hall–Kier alpha value is -3.57. The first-order valence-electron chi connectivity index (χ1n) is 8.06. The molecule has 1 N–H and O–H groups in total. The van der Waals surface area contributed by atoms with Crippen molar-refractivity contribution in [3.63, 3.8) is 0 Å². The van der Waals surface area contributed by atoms with Crippen LogP contribution in [0.4, 0.5) is 0 Å². The summed E-state index contributed by atoms with van der Waals surface area (Å²) in [7, 11) is 0. The molecule has 0 unspecified atom stereocenters. The van der Waals surface area contributed by atoms with Gasteiger partial charge in [-0.05, 0) is 56.1 Å². The number of benzene rings is 4. The molecule has 0 saturated heterocycles. The van der Waals surface area contributed by atoms with Gasteiger partial charge in [0.15, 0.2) is 0 Å². The van der Waals surface area contributed by atoms with Gasteiger partial charge in [-0.2, -0.15) is 0 Å². The molecular formula is C23H12O2. The first kappa shape index (κ1) is 13.8. The third-order valence-corrected chi connectivity index (χ3v) is 4.81. The Morgan fingerprint density at radius 2 is 1.56 bits per heavy atom. The average molecular weight is 320 g/mol. The number of hydrogen-bond donors (Lipinski definition) is 1. The molecule has 0 amide bonds. The molecule has 0 aliphatic heterocycles. The molecule has 5 aromatic carbocycles. The Kier molecular flexibility index (Phi) is 2.74. The highest BCUT2D eigenvalue weighted by atomic mass is 16.4.